The van der Waals surface area contributed by atoms with Crippen molar-refractivity contribution in [1.29, 1.82) is 0 Å². The van der Waals surface area contributed by atoms with Crippen LogP contribution in [0.3, 0.4) is 0 Å². The summed E-state index contributed by atoms with van der Waals surface area (Å²) in [5, 5.41) is 15.6. The number of nitro benzene ring substituents is 1. The smallest absolute Gasteiger partial charge is 0.280 e. The van der Waals surface area contributed by atoms with Crippen LogP contribution in [-0.2, 0) is 0 Å². The molecule has 2 heterocycles. The fraction of sp³-hybridized carbons (Fsp3) is 0. The van der Waals surface area contributed by atoms with Gasteiger partial charge in [-0.05, 0) is 18.2 Å². The van der Waals surface area contributed by atoms with Crippen molar-refractivity contribution in [3.8, 4) is 5.69 Å². The lowest BCUT2D eigenvalue weighted by Gasteiger charge is -2.03. The fourth-order valence-electron chi connectivity index (χ4n) is 2.73. The number of fused-ring (bicyclic) bond motifs is 3. The molecule has 0 bridgehead atoms. The monoisotopic (exact) mass is 374 g/mol. The van der Waals surface area contributed by atoms with E-state index in [9.17, 15) is 14.9 Å². The van der Waals surface area contributed by atoms with Crippen molar-refractivity contribution >= 4 is 50.7 Å². The molecule has 1 N–H and O–H groups in total. The second-order valence-electron chi connectivity index (χ2n) is 5.36. The third-order valence-corrected chi connectivity index (χ3v) is 4.36. The van der Waals surface area contributed by atoms with Crippen LogP contribution >= 0.6 is 23.2 Å². The number of aromatic nitrogens is 3. The lowest BCUT2D eigenvalue weighted by molar-refractivity contribution is -0.384. The van der Waals surface area contributed by atoms with Crippen LogP contribution in [0.1, 0.15) is 0 Å². The molecule has 0 aliphatic heterocycles. The number of hydrogen-bond acceptors (Lipinski definition) is 4. The molecular formula is C16H8Cl2N4O3. The Hall–Kier alpha value is -2.90. The first-order valence-electron chi connectivity index (χ1n) is 7.09. The molecule has 124 valence electrons. The molecule has 0 fully saturated rings. The van der Waals surface area contributed by atoms with Crippen molar-refractivity contribution in [1.82, 2.24) is 14.8 Å². The summed E-state index contributed by atoms with van der Waals surface area (Å²) < 4.78 is 1.23. The normalized spacial score (nSPS) is 11.3. The maximum atomic E-state index is 12.7. The minimum atomic E-state index is -0.521. The maximum absolute atomic E-state index is 12.7. The molecule has 4 rings (SSSR count). The second kappa shape index (κ2) is 5.58. The number of aromatic amines is 1. The summed E-state index contributed by atoms with van der Waals surface area (Å²) in [5.74, 6) is 0. The molecule has 2 aromatic carbocycles. The molecule has 0 unspecified atom stereocenters. The van der Waals surface area contributed by atoms with Gasteiger partial charge in [-0.15, -0.1) is 0 Å². The average molecular weight is 375 g/mol. The van der Waals surface area contributed by atoms with Gasteiger partial charge in [0.1, 0.15) is 0 Å². The Balaban J connectivity index is 2.06. The van der Waals surface area contributed by atoms with E-state index in [1.54, 1.807) is 18.2 Å². The highest BCUT2D eigenvalue weighted by Crippen LogP contribution is 2.31. The van der Waals surface area contributed by atoms with E-state index in [2.05, 4.69) is 10.1 Å². The number of nitrogens with one attached hydrogen (secondary N) is 1. The zero-order valence-corrected chi connectivity index (χ0v) is 13.9. The first-order chi connectivity index (χ1) is 12.0. The summed E-state index contributed by atoms with van der Waals surface area (Å²) in [5.41, 5.74) is 0.876. The van der Waals surface area contributed by atoms with Crippen LogP contribution in [0.25, 0.3) is 27.5 Å². The predicted octanol–water partition coefficient (Wildman–Crippen LogP) is 4.08. The summed E-state index contributed by atoms with van der Waals surface area (Å²) in [6.07, 6.45) is 1.43. The summed E-state index contributed by atoms with van der Waals surface area (Å²) in [7, 11) is 0. The van der Waals surface area contributed by atoms with Gasteiger partial charge in [-0.2, -0.15) is 0 Å². The minimum absolute atomic E-state index is 0.115. The van der Waals surface area contributed by atoms with Gasteiger partial charge in [0, 0.05) is 28.7 Å². The molecule has 7 nitrogen and oxygen atoms in total. The van der Waals surface area contributed by atoms with Crippen molar-refractivity contribution in [3.05, 3.63) is 73.1 Å². The van der Waals surface area contributed by atoms with Crippen LogP contribution in [0.4, 0.5) is 5.69 Å². The van der Waals surface area contributed by atoms with Crippen LogP contribution in [0.15, 0.2) is 47.4 Å². The Bertz CT molecular complexity index is 1230. The topological polar surface area (TPSA) is 93.8 Å². The summed E-state index contributed by atoms with van der Waals surface area (Å²) in [4.78, 5) is 27.4. The lowest BCUT2D eigenvalue weighted by Crippen LogP contribution is -2.14. The van der Waals surface area contributed by atoms with Gasteiger partial charge in [0.25, 0.3) is 11.2 Å². The van der Waals surface area contributed by atoms with Crippen LogP contribution in [-0.4, -0.2) is 19.7 Å². The average Bonchev–Trinajstić information content (AvgIpc) is 2.91. The zero-order chi connectivity index (χ0) is 17.7. The molecule has 25 heavy (non-hydrogen) atoms. The molecule has 0 amide bonds. The van der Waals surface area contributed by atoms with Gasteiger partial charge < -0.3 is 0 Å². The van der Waals surface area contributed by atoms with E-state index in [1.165, 1.54) is 29.1 Å². The molecule has 0 radical (unpaired) electrons. The van der Waals surface area contributed by atoms with Crippen LogP contribution in [0.5, 0.6) is 0 Å². The van der Waals surface area contributed by atoms with E-state index in [0.717, 1.165) is 0 Å². The standard InChI is InChI=1S/C16H8Cl2N4O3/c17-8-4-12(18)14-13(5-8)19-7-11-15(14)20-21(16(11)23)9-2-1-3-10(6-9)22(24)25/h1-7,20H. The van der Waals surface area contributed by atoms with Crippen molar-refractivity contribution in [2.75, 3.05) is 0 Å². The van der Waals surface area contributed by atoms with Gasteiger partial charge in [-0.25, -0.2) is 4.68 Å². The number of benzene rings is 2. The minimum Gasteiger partial charge on any atom is -0.289 e. The number of nitrogens with zero attached hydrogens (tertiary/aromatic N) is 3. The number of halogens is 2. The summed E-state index contributed by atoms with van der Waals surface area (Å²) >= 11 is 12.3. The van der Waals surface area contributed by atoms with Crippen molar-refractivity contribution in [2.24, 2.45) is 0 Å². The first kappa shape index (κ1) is 15.6. The predicted molar refractivity (Wildman–Crippen MR) is 95.9 cm³/mol. The Kier molecular flexibility index (Phi) is 3.48. The molecule has 0 aliphatic rings. The summed E-state index contributed by atoms with van der Waals surface area (Å²) in [6, 6.07) is 8.98. The van der Waals surface area contributed by atoms with Crippen LogP contribution in [0, 0.1) is 10.1 Å². The highest BCUT2D eigenvalue weighted by Gasteiger charge is 2.16. The number of non-ortho nitro benzene ring substituents is 1. The lowest BCUT2D eigenvalue weighted by atomic mass is 10.2. The SMILES string of the molecule is O=c1c2cnc3cc(Cl)cc(Cl)c3c2[nH]n1-c1cccc([N+](=O)[O-])c1. The highest BCUT2D eigenvalue weighted by atomic mass is 35.5. The molecule has 0 saturated carbocycles. The van der Waals surface area contributed by atoms with Crippen molar-refractivity contribution in [2.45, 2.75) is 0 Å². The Morgan fingerprint density at radius 3 is 2.76 bits per heavy atom. The van der Waals surface area contributed by atoms with Gasteiger partial charge in [-0.3, -0.25) is 25.0 Å². The third kappa shape index (κ3) is 2.45. The Morgan fingerprint density at radius 1 is 1.20 bits per heavy atom. The number of pyridine rings is 1. The molecule has 0 saturated heterocycles. The van der Waals surface area contributed by atoms with Crippen LogP contribution in [0.2, 0.25) is 10.0 Å². The number of hydrogen-bond donors (Lipinski definition) is 1. The van der Waals surface area contributed by atoms with Gasteiger partial charge in [0.05, 0.1) is 32.1 Å². The fourth-order valence-corrected chi connectivity index (χ4v) is 3.31. The Morgan fingerprint density at radius 2 is 2.00 bits per heavy atom. The molecule has 0 aliphatic carbocycles. The van der Waals surface area contributed by atoms with Gasteiger partial charge in [-0.1, -0.05) is 29.3 Å². The van der Waals surface area contributed by atoms with E-state index >= 15 is 0 Å². The quantitative estimate of drug-likeness (QED) is 0.422. The Labute approximate surface area is 149 Å². The third-order valence-electron chi connectivity index (χ3n) is 3.84. The van der Waals surface area contributed by atoms with E-state index in [-0.39, 0.29) is 11.2 Å². The van der Waals surface area contributed by atoms with E-state index < -0.39 is 4.92 Å². The number of rotatable bonds is 2. The van der Waals surface area contributed by atoms with Crippen molar-refractivity contribution < 1.29 is 4.92 Å². The number of H-pyrrole nitrogens is 1. The zero-order valence-electron chi connectivity index (χ0n) is 12.4. The molecular weight excluding hydrogens is 367 g/mol. The molecule has 0 spiro atoms. The maximum Gasteiger partial charge on any atom is 0.280 e. The largest absolute Gasteiger partial charge is 0.289 e. The van der Waals surface area contributed by atoms with Gasteiger partial charge in [0.15, 0.2) is 0 Å². The first-order valence-corrected chi connectivity index (χ1v) is 7.84. The van der Waals surface area contributed by atoms with Gasteiger partial charge in [0.2, 0.25) is 0 Å². The molecule has 4 aromatic rings. The van der Waals surface area contributed by atoms with Gasteiger partial charge >= 0.3 is 0 Å². The second-order valence-corrected chi connectivity index (χ2v) is 6.20. The van der Waals surface area contributed by atoms with Crippen LogP contribution < -0.4 is 5.56 Å². The molecule has 9 heteroatoms. The highest BCUT2D eigenvalue weighted by molar-refractivity contribution is 6.40. The summed E-state index contributed by atoms with van der Waals surface area (Å²) in [6.45, 7) is 0. The van der Waals surface area contributed by atoms with E-state index in [1.807, 2.05) is 0 Å². The molecule has 2 aromatic heterocycles. The van der Waals surface area contributed by atoms with E-state index in [0.29, 0.717) is 37.5 Å². The molecule has 0 atom stereocenters. The number of nitro groups is 1. The van der Waals surface area contributed by atoms with Crippen molar-refractivity contribution in [3.63, 3.8) is 0 Å². The van der Waals surface area contributed by atoms with E-state index in [4.69, 9.17) is 23.2 Å².